The fourth-order valence-corrected chi connectivity index (χ4v) is 4.71. The largest absolute Gasteiger partial charge is 0.481 e. The van der Waals surface area contributed by atoms with Crippen LogP contribution >= 0.6 is 0 Å². The number of rotatable bonds is 8. The van der Waals surface area contributed by atoms with E-state index in [0.717, 1.165) is 16.7 Å². The van der Waals surface area contributed by atoms with E-state index in [1.165, 1.54) is 12.1 Å². The molecule has 4 rings (SSSR count). The average molecular weight is 461 g/mol. The second kappa shape index (κ2) is 11.1. The van der Waals surface area contributed by atoms with Gasteiger partial charge in [-0.25, -0.2) is 4.39 Å². The third-order valence-electron chi connectivity index (χ3n) is 6.47. The van der Waals surface area contributed by atoms with Gasteiger partial charge in [-0.3, -0.25) is 14.5 Å². The maximum Gasteiger partial charge on any atom is 0.303 e. The number of nitrogens with zero attached hydrogens (tertiary/aromatic N) is 2. The lowest BCUT2D eigenvalue weighted by molar-refractivity contribution is -0.137. The van der Waals surface area contributed by atoms with Gasteiger partial charge in [0.1, 0.15) is 5.82 Å². The zero-order valence-electron chi connectivity index (χ0n) is 19.0. The van der Waals surface area contributed by atoms with Crippen LogP contribution in [0, 0.1) is 5.82 Å². The van der Waals surface area contributed by atoms with E-state index in [1.807, 2.05) is 65.6 Å². The first kappa shape index (κ1) is 23.6. The molecule has 3 aromatic carbocycles. The van der Waals surface area contributed by atoms with Crippen LogP contribution in [0.15, 0.2) is 84.9 Å². The van der Waals surface area contributed by atoms with Crippen molar-refractivity contribution in [3.8, 4) is 0 Å². The minimum Gasteiger partial charge on any atom is -0.481 e. The minimum absolute atomic E-state index is 0.0330. The Hall–Kier alpha value is -3.51. The van der Waals surface area contributed by atoms with Crippen molar-refractivity contribution < 1.29 is 19.1 Å². The standard InChI is InChI=1S/C28H29FN2O3/c29-24-13-11-21(12-14-24)25(15-16-26(32)33)30-17-19-31(20-18-30)28(34)27(22-7-3-1-4-8-22)23-9-5-2-6-10-23/h1-14,25,27H,15-20H2,(H,32,33)/t25-/m1/s1. The topological polar surface area (TPSA) is 60.9 Å². The minimum atomic E-state index is -0.852. The van der Waals surface area contributed by atoms with Crippen LogP contribution in [0.4, 0.5) is 4.39 Å². The maximum atomic E-state index is 13.7. The Morgan fingerprint density at radius 1 is 0.765 bits per heavy atom. The second-order valence-electron chi connectivity index (χ2n) is 8.62. The van der Waals surface area contributed by atoms with Gasteiger partial charge in [0.25, 0.3) is 0 Å². The van der Waals surface area contributed by atoms with Gasteiger partial charge in [0, 0.05) is 38.6 Å². The molecule has 1 N–H and O–H groups in total. The lowest BCUT2D eigenvalue weighted by Gasteiger charge is -2.40. The van der Waals surface area contributed by atoms with Crippen molar-refractivity contribution in [1.29, 1.82) is 0 Å². The Bertz CT molecular complexity index is 1040. The molecule has 1 aliphatic rings. The number of aliphatic carboxylic acids is 1. The van der Waals surface area contributed by atoms with Crippen LogP contribution in [0.25, 0.3) is 0 Å². The molecule has 1 amide bonds. The van der Waals surface area contributed by atoms with Gasteiger partial charge in [0.2, 0.25) is 5.91 Å². The summed E-state index contributed by atoms with van der Waals surface area (Å²) in [6.07, 6.45) is 0.469. The van der Waals surface area contributed by atoms with Crippen LogP contribution in [-0.2, 0) is 9.59 Å². The Morgan fingerprint density at radius 2 is 1.29 bits per heavy atom. The highest BCUT2D eigenvalue weighted by Crippen LogP contribution is 2.30. The van der Waals surface area contributed by atoms with E-state index in [1.54, 1.807) is 12.1 Å². The van der Waals surface area contributed by atoms with E-state index in [-0.39, 0.29) is 30.1 Å². The summed E-state index contributed by atoms with van der Waals surface area (Å²) in [5, 5.41) is 9.21. The zero-order valence-corrected chi connectivity index (χ0v) is 19.0. The molecule has 0 saturated carbocycles. The van der Waals surface area contributed by atoms with Crippen LogP contribution in [0.2, 0.25) is 0 Å². The van der Waals surface area contributed by atoms with Crippen molar-refractivity contribution in [2.75, 3.05) is 26.2 Å². The molecule has 0 aromatic heterocycles. The molecule has 34 heavy (non-hydrogen) atoms. The molecule has 0 aliphatic carbocycles. The summed E-state index contributed by atoms with van der Waals surface area (Å²) in [6, 6.07) is 25.8. The van der Waals surface area contributed by atoms with Crippen LogP contribution in [0.1, 0.15) is 41.5 Å². The third-order valence-corrected chi connectivity index (χ3v) is 6.47. The first-order valence-electron chi connectivity index (χ1n) is 11.6. The van der Waals surface area contributed by atoms with Crippen LogP contribution < -0.4 is 0 Å². The van der Waals surface area contributed by atoms with E-state index >= 15 is 0 Å². The number of halogens is 1. The summed E-state index contributed by atoms with van der Waals surface area (Å²) in [6.45, 7) is 2.37. The molecule has 6 heteroatoms. The highest BCUT2D eigenvalue weighted by Gasteiger charge is 2.32. The molecule has 0 spiro atoms. The number of benzene rings is 3. The van der Waals surface area contributed by atoms with Crippen molar-refractivity contribution in [3.05, 3.63) is 107 Å². The van der Waals surface area contributed by atoms with Gasteiger partial charge < -0.3 is 10.0 Å². The van der Waals surface area contributed by atoms with E-state index in [9.17, 15) is 19.1 Å². The molecule has 5 nitrogen and oxygen atoms in total. The monoisotopic (exact) mass is 460 g/mol. The average Bonchev–Trinajstić information content (AvgIpc) is 2.87. The van der Waals surface area contributed by atoms with Crippen molar-refractivity contribution in [3.63, 3.8) is 0 Å². The summed E-state index contributed by atoms with van der Waals surface area (Å²) in [5.41, 5.74) is 2.83. The van der Waals surface area contributed by atoms with E-state index in [0.29, 0.717) is 32.6 Å². The SMILES string of the molecule is O=C(O)CC[C@H](c1ccc(F)cc1)N1CCN(C(=O)C(c2ccccc2)c2ccccc2)CC1. The first-order chi connectivity index (χ1) is 16.5. The van der Waals surface area contributed by atoms with Gasteiger partial charge in [0.15, 0.2) is 0 Å². The lowest BCUT2D eigenvalue weighted by Crippen LogP contribution is -2.51. The summed E-state index contributed by atoms with van der Waals surface area (Å²) in [4.78, 5) is 29.0. The summed E-state index contributed by atoms with van der Waals surface area (Å²) in [7, 11) is 0. The van der Waals surface area contributed by atoms with Crippen LogP contribution in [0.3, 0.4) is 0 Å². The lowest BCUT2D eigenvalue weighted by atomic mass is 9.89. The number of carbonyl (C=O) groups excluding carboxylic acids is 1. The fourth-order valence-electron chi connectivity index (χ4n) is 4.71. The predicted octanol–water partition coefficient (Wildman–Crippen LogP) is 4.71. The molecule has 0 bridgehead atoms. The highest BCUT2D eigenvalue weighted by atomic mass is 19.1. The quantitative estimate of drug-likeness (QED) is 0.529. The first-order valence-corrected chi connectivity index (χ1v) is 11.6. The summed E-state index contributed by atoms with van der Waals surface area (Å²) >= 11 is 0. The van der Waals surface area contributed by atoms with Crippen LogP contribution in [0.5, 0.6) is 0 Å². The molecule has 1 fully saturated rings. The molecule has 1 aliphatic heterocycles. The summed E-state index contributed by atoms with van der Waals surface area (Å²) in [5.74, 6) is -1.46. The van der Waals surface area contributed by atoms with Gasteiger partial charge in [-0.2, -0.15) is 0 Å². The molecule has 3 aromatic rings. The predicted molar refractivity (Wildman–Crippen MR) is 129 cm³/mol. The van der Waals surface area contributed by atoms with Crippen molar-refractivity contribution in [2.24, 2.45) is 0 Å². The Balaban J connectivity index is 1.50. The highest BCUT2D eigenvalue weighted by molar-refractivity contribution is 5.87. The number of piperazine rings is 1. The van der Waals surface area contributed by atoms with E-state index < -0.39 is 5.97 Å². The van der Waals surface area contributed by atoms with Crippen molar-refractivity contribution in [2.45, 2.75) is 24.8 Å². The normalized spacial score (nSPS) is 15.3. The number of carbonyl (C=O) groups is 2. The van der Waals surface area contributed by atoms with Crippen molar-refractivity contribution >= 4 is 11.9 Å². The molecule has 1 heterocycles. The van der Waals surface area contributed by atoms with Gasteiger partial charge in [-0.05, 0) is 35.2 Å². The Labute approximate surface area is 199 Å². The summed E-state index contributed by atoms with van der Waals surface area (Å²) < 4.78 is 13.5. The Morgan fingerprint density at radius 3 is 1.79 bits per heavy atom. The van der Waals surface area contributed by atoms with Gasteiger partial charge >= 0.3 is 5.97 Å². The zero-order chi connectivity index (χ0) is 23.9. The van der Waals surface area contributed by atoms with E-state index in [2.05, 4.69) is 4.90 Å². The molecular formula is C28H29FN2O3. The van der Waals surface area contributed by atoms with Crippen molar-refractivity contribution in [1.82, 2.24) is 9.80 Å². The van der Waals surface area contributed by atoms with Gasteiger partial charge in [0.05, 0.1) is 5.92 Å². The molecule has 1 atom stereocenters. The molecule has 176 valence electrons. The smallest absolute Gasteiger partial charge is 0.303 e. The van der Waals surface area contributed by atoms with Crippen LogP contribution in [-0.4, -0.2) is 53.0 Å². The number of hydrogen-bond donors (Lipinski definition) is 1. The van der Waals surface area contributed by atoms with Gasteiger partial charge in [-0.15, -0.1) is 0 Å². The fraction of sp³-hybridized carbons (Fsp3) is 0.286. The van der Waals surface area contributed by atoms with E-state index in [4.69, 9.17) is 0 Å². The molecule has 0 radical (unpaired) electrons. The number of hydrogen-bond acceptors (Lipinski definition) is 3. The van der Waals surface area contributed by atoms with Gasteiger partial charge in [-0.1, -0.05) is 72.8 Å². The number of carboxylic acid groups (broad SMARTS) is 1. The maximum absolute atomic E-state index is 13.7. The number of amides is 1. The molecular weight excluding hydrogens is 431 g/mol. The Kier molecular flexibility index (Phi) is 7.70. The molecule has 0 unspecified atom stereocenters. The third kappa shape index (κ3) is 5.69. The second-order valence-corrected chi connectivity index (χ2v) is 8.62. The molecule has 1 saturated heterocycles. The number of carboxylic acids is 1.